The Morgan fingerprint density at radius 1 is 0.857 bits per heavy atom. The second-order valence-corrected chi connectivity index (χ2v) is 25.3. The van der Waals surface area contributed by atoms with Crippen LogP contribution in [0.4, 0.5) is 23.0 Å². The maximum atomic E-state index is 14.6. The van der Waals surface area contributed by atoms with Gasteiger partial charge in [-0.05, 0) is 99.1 Å². The van der Waals surface area contributed by atoms with E-state index in [2.05, 4.69) is 62.4 Å². The van der Waals surface area contributed by atoms with E-state index in [4.69, 9.17) is 24.5 Å². The zero-order chi connectivity index (χ0) is 58.0. The van der Waals surface area contributed by atoms with Gasteiger partial charge < -0.3 is 64.5 Å². The van der Waals surface area contributed by atoms with Crippen LogP contribution >= 0.6 is 11.3 Å². The molecule has 12 rings (SSSR count). The number of carbonyl (C=O) groups is 2. The van der Waals surface area contributed by atoms with E-state index in [1.807, 2.05) is 81.0 Å². The fraction of sp³-hybridized carbons (Fsp3) is 0.540. The first-order chi connectivity index (χ1) is 40.8. The first kappa shape index (κ1) is 57.5. The summed E-state index contributed by atoms with van der Waals surface area (Å²) in [6, 6.07) is 22.7. The van der Waals surface area contributed by atoms with Gasteiger partial charge in [0.25, 0.3) is 0 Å². The number of phenolic OH excluding ortho intramolecular Hbond substituents is 1. The summed E-state index contributed by atoms with van der Waals surface area (Å²) in [5.41, 5.74) is 14.4. The van der Waals surface area contributed by atoms with Crippen LogP contribution in [0.25, 0.3) is 21.7 Å². The molecule has 5 aliphatic heterocycles. The largest absolute Gasteiger partial charge is 0.507 e. The van der Waals surface area contributed by atoms with Crippen molar-refractivity contribution in [1.82, 2.24) is 40.4 Å². The van der Waals surface area contributed by atoms with E-state index in [-0.39, 0.29) is 60.8 Å². The van der Waals surface area contributed by atoms with Crippen molar-refractivity contribution in [1.29, 1.82) is 0 Å². The van der Waals surface area contributed by atoms with E-state index in [1.54, 1.807) is 35.5 Å². The maximum Gasteiger partial charge on any atom is 0.243 e. The quantitative estimate of drug-likeness (QED) is 0.0567. The number of piperazine rings is 1. The average Bonchev–Trinajstić information content (AvgIpc) is 4.42. The number of aromatic nitrogens is 5. The predicted octanol–water partition coefficient (Wildman–Crippen LogP) is 8.01. The Balaban J connectivity index is 0.571. The molecule has 9 heterocycles. The molecule has 21 heteroatoms. The third-order valence-corrected chi connectivity index (χ3v) is 19.4. The van der Waals surface area contributed by atoms with Gasteiger partial charge >= 0.3 is 0 Å². The Morgan fingerprint density at radius 2 is 1.62 bits per heavy atom. The molecule has 446 valence electrons. The van der Waals surface area contributed by atoms with Crippen LogP contribution in [-0.2, 0) is 19.1 Å². The number of nitrogens with one attached hydrogen (secondary N) is 1. The minimum Gasteiger partial charge on any atom is -0.507 e. The number of aryl methyl sites for hydroxylation is 1. The van der Waals surface area contributed by atoms with Gasteiger partial charge in [0.05, 0.1) is 51.8 Å². The number of para-hydroxylation sites is 1. The van der Waals surface area contributed by atoms with E-state index in [0.29, 0.717) is 59.7 Å². The van der Waals surface area contributed by atoms with Crippen molar-refractivity contribution >= 4 is 46.2 Å². The first-order valence-electron chi connectivity index (χ1n) is 30.3. The van der Waals surface area contributed by atoms with Crippen LogP contribution < -0.4 is 30.5 Å². The predicted molar refractivity (Wildman–Crippen MR) is 322 cm³/mol. The number of amides is 2. The van der Waals surface area contributed by atoms with Crippen molar-refractivity contribution in [3.8, 4) is 33.3 Å². The third kappa shape index (κ3) is 12.6. The molecular formula is C63H80N12O8S. The Kier molecular flexibility index (Phi) is 17.4. The molecule has 4 aromatic heterocycles. The van der Waals surface area contributed by atoms with Crippen LogP contribution in [0, 0.1) is 18.8 Å². The lowest BCUT2D eigenvalue weighted by Crippen LogP contribution is -2.54. The summed E-state index contributed by atoms with van der Waals surface area (Å²) in [6.45, 7) is 12.9. The van der Waals surface area contributed by atoms with Gasteiger partial charge in [-0.2, -0.15) is 0 Å². The molecule has 2 bridgehead atoms. The molecule has 1 unspecified atom stereocenters. The van der Waals surface area contributed by atoms with Gasteiger partial charge in [0.15, 0.2) is 17.4 Å². The minimum atomic E-state index is -0.840. The normalized spacial score (nSPS) is 23.9. The molecule has 0 radical (unpaired) electrons. The smallest absolute Gasteiger partial charge is 0.243 e. The highest BCUT2D eigenvalue weighted by Gasteiger charge is 2.45. The number of likely N-dealkylation sites (tertiary alicyclic amines) is 2. The van der Waals surface area contributed by atoms with Gasteiger partial charge in [0.2, 0.25) is 17.7 Å². The number of thiazole rings is 1. The molecule has 5 saturated heterocycles. The average molecular weight is 1170 g/mol. The van der Waals surface area contributed by atoms with E-state index in [9.17, 15) is 19.8 Å². The highest BCUT2D eigenvalue weighted by Crippen LogP contribution is 2.41. The zero-order valence-electron chi connectivity index (χ0n) is 48.7. The van der Waals surface area contributed by atoms with E-state index >= 15 is 0 Å². The summed E-state index contributed by atoms with van der Waals surface area (Å²) in [6.07, 6.45) is 10.3. The number of carbonyl (C=O) groups excluding carboxylic acids is 2. The number of anilines is 4. The molecule has 1 saturated carbocycles. The van der Waals surface area contributed by atoms with Crippen molar-refractivity contribution < 1.29 is 38.5 Å². The molecule has 84 heavy (non-hydrogen) atoms. The second-order valence-electron chi connectivity index (χ2n) is 24.4. The lowest BCUT2D eigenvalue weighted by molar-refractivity contribution is -0.141. The lowest BCUT2D eigenvalue weighted by atomic mass is 9.91. The number of methoxy groups -OCH3 is 1. The summed E-state index contributed by atoms with van der Waals surface area (Å²) in [4.78, 5) is 50.1. The SMILES string of the molecule is COCC[C@@H](NC(=O)[C@@H]1C[C@@H](O)CN1C(=O)[C@@H](c1cc(N2CCC(CN3CCC(OC4CC(Oc5cc(N6C7CC[C@@H]6CN(c6cc(-c8ccccc8O)nnc6N)C7)ccn5)C4)CC3)CC2)no1)C(C)C)c1ccc(-c2scnc2C)cc1. The number of benzene rings is 2. The Labute approximate surface area is 495 Å². The van der Waals surface area contributed by atoms with Crippen LogP contribution in [0.2, 0.25) is 0 Å². The number of fused-ring (bicyclic) bond motifs is 2. The van der Waals surface area contributed by atoms with Crippen molar-refractivity contribution in [2.24, 2.45) is 11.8 Å². The molecule has 20 nitrogen and oxygen atoms in total. The highest BCUT2D eigenvalue weighted by atomic mass is 32.1. The molecule has 6 fully saturated rings. The number of aromatic hydroxyl groups is 1. The van der Waals surface area contributed by atoms with E-state index < -0.39 is 18.1 Å². The monoisotopic (exact) mass is 1160 g/mol. The van der Waals surface area contributed by atoms with Crippen LogP contribution in [0.5, 0.6) is 11.6 Å². The Hall–Kier alpha value is -6.91. The number of rotatable bonds is 20. The standard InChI is InChI=1S/C63H80N12O8S/c1-38(2)59(63(79)74-36-46(76)28-54(74)62(78)67-51(20-26-80-4)41-9-11-42(12-10-41)60-39(3)66-37-84-60)56-32-57(70-83-56)72-24-16-40(17-25-72)33-71-22-18-47(19-23-71)81-48-29-49(30-48)82-58-27-43(15-21-65-58)75-44-13-14-45(75)35-73(34-44)53-31-52(68-69-61(53)64)50-7-5-6-8-55(50)77/h5-12,15,21,27,31-32,37-38,40,44-49,51,54,59,76-77H,13-14,16-20,22-26,28-30,33-36H2,1-4H3,(H2,64,69)(H,67,78)/t44-,45?,46-,48?,49?,51-,54+,59-/m1/s1. The number of nitrogen functional groups attached to an aromatic ring is 1. The van der Waals surface area contributed by atoms with Crippen molar-refractivity contribution in [2.45, 2.75) is 139 Å². The van der Waals surface area contributed by atoms with Crippen molar-refractivity contribution in [2.75, 3.05) is 86.5 Å². The summed E-state index contributed by atoms with van der Waals surface area (Å²) < 4.78 is 24.5. The highest BCUT2D eigenvalue weighted by molar-refractivity contribution is 7.13. The van der Waals surface area contributed by atoms with Crippen LogP contribution in [0.1, 0.15) is 107 Å². The van der Waals surface area contributed by atoms with E-state index in [1.165, 1.54) is 0 Å². The second kappa shape index (κ2) is 25.4. The summed E-state index contributed by atoms with van der Waals surface area (Å²) >= 11 is 1.59. The van der Waals surface area contributed by atoms with Crippen molar-refractivity contribution in [3.05, 3.63) is 102 Å². The number of nitrogens with two attached hydrogens (primary N) is 1. The van der Waals surface area contributed by atoms with Crippen LogP contribution in [0.15, 0.2) is 89.0 Å². The van der Waals surface area contributed by atoms with E-state index in [0.717, 1.165) is 136 Å². The number of hydrogen-bond acceptors (Lipinski definition) is 19. The first-order valence-corrected chi connectivity index (χ1v) is 31.2. The minimum absolute atomic E-state index is 0.0650. The zero-order valence-corrected chi connectivity index (χ0v) is 49.5. The fourth-order valence-corrected chi connectivity index (χ4v) is 14.6. The fourth-order valence-electron chi connectivity index (χ4n) is 13.8. The van der Waals surface area contributed by atoms with Gasteiger partial charge in [-0.25, -0.2) is 9.97 Å². The number of nitrogens with zero attached hydrogens (tertiary/aromatic N) is 10. The number of phenols is 1. The third-order valence-electron chi connectivity index (χ3n) is 18.4. The number of ether oxygens (including phenoxy) is 3. The molecule has 0 spiro atoms. The molecule has 6 aromatic rings. The van der Waals surface area contributed by atoms with Gasteiger partial charge in [-0.15, -0.1) is 21.5 Å². The number of hydrogen-bond donors (Lipinski definition) is 4. The number of aliphatic hydroxyl groups is 1. The Morgan fingerprint density at radius 3 is 2.33 bits per heavy atom. The summed E-state index contributed by atoms with van der Waals surface area (Å²) in [7, 11) is 1.64. The molecule has 6 aliphatic rings. The number of β-amino-alcohol motifs (C(OH)–C–C–N with tert-alkyl or cyclic N) is 1. The molecule has 2 amide bonds. The summed E-state index contributed by atoms with van der Waals surface area (Å²) in [5.74, 6) is 1.62. The number of piperidine rings is 2. The van der Waals surface area contributed by atoms with Gasteiger partial charge in [-0.3, -0.25) is 9.59 Å². The van der Waals surface area contributed by atoms with Crippen LogP contribution in [-0.4, -0.2) is 166 Å². The number of aliphatic hydroxyl groups excluding tert-OH is 1. The van der Waals surface area contributed by atoms with Gasteiger partial charge in [0.1, 0.15) is 23.8 Å². The molecular weight excluding hydrogens is 1080 g/mol. The molecule has 2 aromatic carbocycles. The maximum absolute atomic E-state index is 14.6. The molecule has 5 N–H and O–H groups in total. The van der Waals surface area contributed by atoms with Gasteiger partial charge in [0, 0.05) is 127 Å². The lowest BCUT2D eigenvalue weighted by Gasteiger charge is -2.43. The van der Waals surface area contributed by atoms with Crippen LogP contribution in [0.3, 0.4) is 0 Å². The van der Waals surface area contributed by atoms with Gasteiger partial charge in [-0.1, -0.05) is 55.4 Å². The molecule has 1 aliphatic carbocycles. The van der Waals surface area contributed by atoms with Crippen molar-refractivity contribution in [3.63, 3.8) is 0 Å². The number of pyridine rings is 1. The molecule has 6 atom stereocenters. The topological polar surface area (TPSA) is 234 Å². The Bertz CT molecular complexity index is 3200. The summed E-state index contributed by atoms with van der Waals surface area (Å²) in [5, 5.41) is 37.7.